The van der Waals surface area contributed by atoms with Gasteiger partial charge in [-0.1, -0.05) is 0 Å². The summed E-state index contributed by atoms with van der Waals surface area (Å²) in [6.07, 6.45) is 2.07. The molecule has 0 radical (unpaired) electrons. The third-order valence-corrected chi connectivity index (χ3v) is 5.08. The predicted octanol–water partition coefficient (Wildman–Crippen LogP) is 1.81. The van der Waals surface area contributed by atoms with E-state index in [-0.39, 0.29) is 0 Å². The monoisotopic (exact) mass is 354 g/mol. The molecule has 3 heterocycles. The highest BCUT2D eigenvalue weighted by atomic mass is 16.5. The number of nitrogen functional groups attached to an aromatic ring is 1. The Kier molecular flexibility index (Phi) is 4.55. The number of anilines is 3. The summed E-state index contributed by atoms with van der Waals surface area (Å²) in [5.74, 6) is 2.09. The minimum atomic E-state index is 0.291. The van der Waals surface area contributed by atoms with Crippen LogP contribution < -0.4 is 26.0 Å². The molecule has 1 saturated heterocycles. The summed E-state index contributed by atoms with van der Waals surface area (Å²) in [4.78, 5) is 11.2. The second-order valence-corrected chi connectivity index (χ2v) is 6.81. The van der Waals surface area contributed by atoms with Gasteiger partial charge in [-0.15, -0.1) is 0 Å². The molecule has 1 aromatic heterocycles. The third-order valence-electron chi connectivity index (χ3n) is 5.08. The number of ether oxygens (including phenoxy) is 1. The largest absolute Gasteiger partial charge is 0.491 e. The summed E-state index contributed by atoms with van der Waals surface area (Å²) in [5.41, 5.74) is 11.3. The topological polar surface area (TPSA) is 88.3 Å². The summed E-state index contributed by atoms with van der Waals surface area (Å²) in [5, 5.41) is 6.63. The Labute approximate surface area is 154 Å². The van der Waals surface area contributed by atoms with E-state index in [2.05, 4.69) is 37.6 Å². The normalized spacial score (nSPS) is 16.8. The summed E-state index contributed by atoms with van der Waals surface area (Å²) < 4.78 is 5.99. The molecule has 0 spiro atoms. The number of fused-ring (bicyclic) bond motifs is 1. The predicted molar refractivity (Wildman–Crippen MR) is 105 cm³/mol. The van der Waals surface area contributed by atoms with E-state index in [9.17, 15) is 0 Å². The molecule has 2 aliphatic heterocycles. The molecule has 0 atom stereocenters. The second-order valence-electron chi connectivity index (χ2n) is 6.81. The fraction of sp³-hybridized carbons (Fsp3) is 0.474. The molecule has 0 aliphatic carbocycles. The molecule has 7 nitrogen and oxygen atoms in total. The molecule has 7 heteroatoms. The maximum absolute atomic E-state index is 5.99. The van der Waals surface area contributed by atoms with Crippen molar-refractivity contribution in [2.24, 2.45) is 0 Å². The zero-order valence-corrected chi connectivity index (χ0v) is 15.4. The number of aromatic nitrogens is 2. The number of nitrogens with zero attached hydrogens (tertiary/aromatic N) is 3. The van der Waals surface area contributed by atoms with E-state index in [1.165, 1.54) is 11.3 Å². The molecular formula is C19H26N6O. The van der Waals surface area contributed by atoms with Crippen LogP contribution in [0.1, 0.15) is 17.7 Å². The van der Waals surface area contributed by atoms with Crippen LogP contribution in [0, 0.1) is 6.92 Å². The molecule has 2 aromatic rings. The number of hydrogen-bond acceptors (Lipinski definition) is 7. The van der Waals surface area contributed by atoms with Gasteiger partial charge >= 0.3 is 0 Å². The maximum Gasteiger partial charge on any atom is 0.222 e. The van der Waals surface area contributed by atoms with Crippen LogP contribution in [0.4, 0.5) is 17.5 Å². The summed E-state index contributed by atoms with van der Waals surface area (Å²) >= 11 is 0. The molecule has 0 amide bonds. The number of nitrogens with one attached hydrogen (secondary N) is 2. The van der Waals surface area contributed by atoms with Crippen LogP contribution >= 0.6 is 0 Å². The highest BCUT2D eigenvalue weighted by Gasteiger charge is 2.24. The van der Waals surface area contributed by atoms with Gasteiger partial charge in [-0.25, -0.2) is 4.98 Å². The van der Waals surface area contributed by atoms with Gasteiger partial charge < -0.3 is 26.0 Å². The molecule has 4 N–H and O–H groups in total. The van der Waals surface area contributed by atoms with Crippen LogP contribution in [0.5, 0.6) is 5.75 Å². The van der Waals surface area contributed by atoms with Crippen LogP contribution in [0.2, 0.25) is 0 Å². The molecule has 0 bridgehead atoms. The van der Waals surface area contributed by atoms with E-state index in [0.717, 1.165) is 74.0 Å². The highest BCUT2D eigenvalue weighted by Crippen LogP contribution is 2.42. The van der Waals surface area contributed by atoms with E-state index in [0.29, 0.717) is 5.95 Å². The van der Waals surface area contributed by atoms with E-state index in [1.807, 2.05) is 14.0 Å². The lowest BCUT2D eigenvalue weighted by Crippen LogP contribution is -2.28. The minimum Gasteiger partial charge on any atom is -0.491 e. The molecule has 1 aromatic carbocycles. The van der Waals surface area contributed by atoms with Gasteiger partial charge in [0.25, 0.3) is 0 Å². The standard InChI is InChI=1S/C19H26N6O/c1-12-16(18(21-2)24-19(20)23-12)14-10-13-4-9-26-17(13)15(11-14)25-7-3-5-22-6-8-25/h10-11,22H,3-9H2,1-2H3,(H3,20,21,23,24). The van der Waals surface area contributed by atoms with Crippen molar-refractivity contribution in [2.75, 3.05) is 55.8 Å². The molecule has 0 saturated carbocycles. The zero-order valence-electron chi connectivity index (χ0n) is 15.4. The van der Waals surface area contributed by atoms with Gasteiger partial charge in [0.15, 0.2) is 0 Å². The molecular weight excluding hydrogens is 328 g/mol. The van der Waals surface area contributed by atoms with Gasteiger partial charge in [0.05, 0.1) is 18.0 Å². The third kappa shape index (κ3) is 3.03. The molecule has 1 fully saturated rings. The molecule has 0 unspecified atom stereocenters. The van der Waals surface area contributed by atoms with E-state index < -0.39 is 0 Å². The summed E-state index contributed by atoms with van der Waals surface area (Å²) in [6, 6.07) is 4.43. The Morgan fingerprint density at radius 2 is 2.12 bits per heavy atom. The van der Waals surface area contributed by atoms with Crippen LogP contribution in [-0.2, 0) is 6.42 Å². The number of nitrogens with two attached hydrogens (primary N) is 1. The second kappa shape index (κ2) is 6.99. The van der Waals surface area contributed by atoms with Crippen molar-refractivity contribution in [1.29, 1.82) is 0 Å². The van der Waals surface area contributed by atoms with Crippen molar-refractivity contribution in [3.8, 4) is 16.9 Å². The summed E-state index contributed by atoms with van der Waals surface area (Å²) in [7, 11) is 1.86. The van der Waals surface area contributed by atoms with Gasteiger partial charge in [-0.2, -0.15) is 4.98 Å². The first kappa shape index (κ1) is 16.9. The Balaban J connectivity index is 1.85. The van der Waals surface area contributed by atoms with Crippen LogP contribution in [0.15, 0.2) is 12.1 Å². The number of aryl methyl sites for hydroxylation is 1. The lowest BCUT2D eigenvalue weighted by Gasteiger charge is -2.25. The van der Waals surface area contributed by atoms with Crippen molar-refractivity contribution in [2.45, 2.75) is 19.8 Å². The quantitative estimate of drug-likeness (QED) is 0.775. The van der Waals surface area contributed by atoms with Crippen molar-refractivity contribution in [1.82, 2.24) is 15.3 Å². The average molecular weight is 354 g/mol. The Bertz CT molecular complexity index is 814. The molecule has 26 heavy (non-hydrogen) atoms. The molecule has 138 valence electrons. The highest BCUT2D eigenvalue weighted by molar-refractivity contribution is 5.83. The van der Waals surface area contributed by atoms with Crippen molar-refractivity contribution in [3.63, 3.8) is 0 Å². The van der Waals surface area contributed by atoms with Gasteiger partial charge in [0, 0.05) is 44.2 Å². The maximum atomic E-state index is 5.99. The molecule has 2 aliphatic rings. The Morgan fingerprint density at radius 3 is 2.96 bits per heavy atom. The van der Waals surface area contributed by atoms with E-state index in [1.54, 1.807) is 0 Å². The summed E-state index contributed by atoms with van der Waals surface area (Å²) in [6.45, 7) is 6.79. The fourth-order valence-corrected chi connectivity index (χ4v) is 3.87. The first-order valence-corrected chi connectivity index (χ1v) is 9.25. The molecule has 4 rings (SSSR count). The zero-order chi connectivity index (χ0) is 18.1. The van der Waals surface area contributed by atoms with Crippen molar-refractivity contribution < 1.29 is 4.74 Å². The first-order valence-electron chi connectivity index (χ1n) is 9.25. The van der Waals surface area contributed by atoms with Crippen molar-refractivity contribution in [3.05, 3.63) is 23.4 Å². The smallest absolute Gasteiger partial charge is 0.222 e. The lowest BCUT2D eigenvalue weighted by atomic mass is 9.99. The van der Waals surface area contributed by atoms with Crippen LogP contribution in [0.3, 0.4) is 0 Å². The van der Waals surface area contributed by atoms with Crippen LogP contribution in [0.25, 0.3) is 11.1 Å². The Morgan fingerprint density at radius 1 is 1.23 bits per heavy atom. The first-order chi connectivity index (χ1) is 12.7. The lowest BCUT2D eigenvalue weighted by molar-refractivity contribution is 0.357. The van der Waals surface area contributed by atoms with E-state index >= 15 is 0 Å². The average Bonchev–Trinajstić information content (AvgIpc) is 2.93. The van der Waals surface area contributed by atoms with E-state index in [4.69, 9.17) is 10.5 Å². The van der Waals surface area contributed by atoms with Gasteiger partial charge in [0.2, 0.25) is 5.95 Å². The van der Waals surface area contributed by atoms with Gasteiger partial charge in [-0.3, -0.25) is 0 Å². The van der Waals surface area contributed by atoms with Crippen molar-refractivity contribution >= 4 is 17.5 Å². The number of benzene rings is 1. The number of hydrogen-bond donors (Lipinski definition) is 3. The van der Waals surface area contributed by atoms with Crippen LogP contribution in [-0.4, -0.2) is 49.8 Å². The van der Waals surface area contributed by atoms with Gasteiger partial charge in [-0.05, 0) is 37.6 Å². The minimum absolute atomic E-state index is 0.291. The fourth-order valence-electron chi connectivity index (χ4n) is 3.87. The Hall–Kier alpha value is -2.54. The SMILES string of the molecule is CNc1nc(N)nc(C)c1-c1cc2c(c(N3CCCNCC3)c1)OCC2. The number of rotatable bonds is 3. The van der Waals surface area contributed by atoms with Gasteiger partial charge in [0.1, 0.15) is 11.6 Å².